The molecule has 0 rings (SSSR count). The van der Waals surface area contributed by atoms with Crippen LogP contribution in [0.4, 0.5) is 0 Å². The maximum absolute atomic E-state index is 12.5. The van der Waals surface area contributed by atoms with Crippen LogP contribution in [0.25, 0.3) is 0 Å². The Bertz CT molecular complexity index is 335. The van der Waals surface area contributed by atoms with E-state index in [0.717, 1.165) is 25.9 Å². The molecule has 0 fully saturated rings. The first kappa shape index (κ1) is 25.2. The lowest BCUT2D eigenvalue weighted by atomic mass is 10.1. The summed E-state index contributed by atoms with van der Waals surface area (Å²) in [5.41, 5.74) is 0. The molecule has 0 saturated heterocycles. The normalized spacial score (nSPS) is 10.7. The molecule has 0 aliphatic rings. The second-order valence-electron chi connectivity index (χ2n) is 7.25. The van der Waals surface area contributed by atoms with Crippen LogP contribution in [0.3, 0.4) is 0 Å². The lowest BCUT2D eigenvalue weighted by molar-refractivity contribution is -0.131. The number of nitrogens with zero attached hydrogens (tertiary/aromatic N) is 1. The second-order valence-corrected chi connectivity index (χ2v) is 7.64. The van der Waals surface area contributed by atoms with E-state index in [1.54, 1.807) is 0 Å². The largest absolute Gasteiger partial charge is 0.487 e. The molecule has 0 aromatic carbocycles. The Morgan fingerprint density at radius 2 is 1.27 bits per heavy atom. The average Bonchev–Trinajstić information content (AvgIpc) is 2.62. The van der Waals surface area contributed by atoms with Crippen LogP contribution in [0.15, 0.2) is 0 Å². The third-order valence-electron chi connectivity index (χ3n) is 4.76. The van der Waals surface area contributed by atoms with Crippen molar-refractivity contribution in [3.8, 4) is 0 Å². The SMILES string of the molecule is CCCCCCCCN(CCCCCCCC)C(=O)CCCNC(O)=S. The van der Waals surface area contributed by atoms with Gasteiger partial charge in [-0.2, -0.15) is 0 Å². The Labute approximate surface area is 167 Å². The monoisotopic (exact) mass is 386 g/mol. The third kappa shape index (κ3) is 16.6. The molecule has 0 heterocycles. The van der Waals surface area contributed by atoms with Crippen molar-refractivity contribution in [2.45, 2.75) is 104 Å². The van der Waals surface area contributed by atoms with Crippen molar-refractivity contribution in [3.63, 3.8) is 0 Å². The van der Waals surface area contributed by atoms with Gasteiger partial charge in [0.25, 0.3) is 5.17 Å². The fourth-order valence-electron chi connectivity index (χ4n) is 3.12. The van der Waals surface area contributed by atoms with E-state index in [1.165, 1.54) is 64.2 Å². The molecule has 0 aromatic rings. The fraction of sp³-hybridized carbons (Fsp3) is 0.905. The van der Waals surface area contributed by atoms with Crippen molar-refractivity contribution >= 4 is 23.3 Å². The van der Waals surface area contributed by atoms with Crippen molar-refractivity contribution in [1.82, 2.24) is 10.2 Å². The maximum Gasteiger partial charge on any atom is 0.254 e. The summed E-state index contributed by atoms with van der Waals surface area (Å²) in [6.45, 7) is 6.82. The van der Waals surface area contributed by atoms with Crippen LogP contribution in [0.2, 0.25) is 0 Å². The van der Waals surface area contributed by atoms with E-state index in [0.29, 0.717) is 19.4 Å². The van der Waals surface area contributed by atoms with Crippen molar-refractivity contribution in [1.29, 1.82) is 0 Å². The van der Waals surface area contributed by atoms with Crippen LogP contribution in [0.5, 0.6) is 0 Å². The lowest BCUT2D eigenvalue weighted by Crippen LogP contribution is -2.33. The summed E-state index contributed by atoms with van der Waals surface area (Å²) in [6.07, 6.45) is 16.3. The molecule has 0 atom stereocenters. The topological polar surface area (TPSA) is 52.6 Å². The lowest BCUT2D eigenvalue weighted by Gasteiger charge is -2.23. The summed E-state index contributed by atoms with van der Waals surface area (Å²) in [6, 6.07) is 0. The number of nitrogens with one attached hydrogen (secondary N) is 1. The van der Waals surface area contributed by atoms with Crippen LogP contribution >= 0.6 is 12.2 Å². The summed E-state index contributed by atoms with van der Waals surface area (Å²) in [7, 11) is 0. The van der Waals surface area contributed by atoms with Gasteiger partial charge in [-0.15, -0.1) is 0 Å². The summed E-state index contributed by atoms with van der Waals surface area (Å²) >= 11 is 4.58. The van der Waals surface area contributed by atoms with Gasteiger partial charge in [-0.05, 0) is 31.5 Å². The van der Waals surface area contributed by atoms with E-state index >= 15 is 0 Å². The molecule has 1 amide bonds. The number of aliphatic hydroxyl groups is 1. The van der Waals surface area contributed by atoms with E-state index in [9.17, 15) is 4.79 Å². The standard InChI is InChI=1S/C21H42N2O2S/c1-3-5-7-9-11-13-18-23(19-14-12-10-8-6-4-2)20(24)16-15-17-22-21(25)26/h3-19H2,1-2H3,(H2,22,25,26). The minimum Gasteiger partial charge on any atom is -0.487 e. The van der Waals surface area contributed by atoms with Crippen molar-refractivity contribution < 1.29 is 9.90 Å². The minimum atomic E-state index is -0.187. The molecule has 0 aliphatic carbocycles. The van der Waals surface area contributed by atoms with Crippen molar-refractivity contribution in [3.05, 3.63) is 0 Å². The van der Waals surface area contributed by atoms with Crippen LogP contribution in [0, 0.1) is 0 Å². The number of amides is 1. The Morgan fingerprint density at radius 3 is 1.73 bits per heavy atom. The number of carbonyl (C=O) groups is 1. The fourth-order valence-corrected chi connectivity index (χ4v) is 3.22. The van der Waals surface area contributed by atoms with E-state index in [1.807, 2.05) is 0 Å². The molecular weight excluding hydrogens is 344 g/mol. The number of thiocarbonyl (C=S) groups is 1. The van der Waals surface area contributed by atoms with Gasteiger partial charge >= 0.3 is 0 Å². The molecule has 2 N–H and O–H groups in total. The van der Waals surface area contributed by atoms with E-state index in [4.69, 9.17) is 5.11 Å². The molecule has 0 aromatic heterocycles. The van der Waals surface area contributed by atoms with Gasteiger partial charge in [0, 0.05) is 26.1 Å². The van der Waals surface area contributed by atoms with Gasteiger partial charge in [-0.1, -0.05) is 78.1 Å². The number of hydrogen-bond acceptors (Lipinski definition) is 2. The van der Waals surface area contributed by atoms with Gasteiger partial charge in [-0.3, -0.25) is 4.79 Å². The van der Waals surface area contributed by atoms with Gasteiger partial charge in [0.15, 0.2) is 0 Å². The molecule has 0 unspecified atom stereocenters. The highest BCUT2D eigenvalue weighted by Crippen LogP contribution is 2.10. The first-order valence-corrected chi connectivity index (χ1v) is 11.3. The number of hydrogen-bond donors (Lipinski definition) is 2. The molecule has 154 valence electrons. The second kappa shape index (κ2) is 18.9. The van der Waals surface area contributed by atoms with Gasteiger partial charge in [0.1, 0.15) is 0 Å². The third-order valence-corrected chi connectivity index (χ3v) is 4.90. The predicted molar refractivity (Wildman–Crippen MR) is 116 cm³/mol. The predicted octanol–water partition coefficient (Wildman–Crippen LogP) is 5.75. The van der Waals surface area contributed by atoms with Crippen LogP contribution in [-0.2, 0) is 4.79 Å². The first-order valence-electron chi connectivity index (χ1n) is 10.9. The van der Waals surface area contributed by atoms with Gasteiger partial charge < -0.3 is 15.3 Å². The van der Waals surface area contributed by atoms with E-state index in [2.05, 4.69) is 36.3 Å². The molecule has 4 nitrogen and oxygen atoms in total. The Kier molecular flexibility index (Phi) is 18.3. The van der Waals surface area contributed by atoms with Gasteiger partial charge in [-0.25, -0.2) is 0 Å². The van der Waals surface area contributed by atoms with Gasteiger partial charge in [0.2, 0.25) is 5.91 Å². The molecule has 26 heavy (non-hydrogen) atoms. The molecule has 5 heteroatoms. The summed E-state index contributed by atoms with van der Waals surface area (Å²) in [4.78, 5) is 14.6. The highest BCUT2D eigenvalue weighted by Gasteiger charge is 2.12. The summed E-state index contributed by atoms with van der Waals surface area (Å²) in [5.74, 6) is 0.248. The zero-order valence-electron chi connectivity index (χ0n) is 17.2. The minimum absolute atomic E-state index is 0.187. The Hall–Kier alpha value is -0.840. The summed E-state index contributed by atoms with van der Waals surface area (Å²) < 4.78 is 0. The van der Waals surface area contributed by atoms with E-state index < -0.39 is 0 Å². The van der Waals surface area contributed by atoms with Crippen LogP contribution < -0.4 is 5.32 Å². The van der Waals surface area contributed by atoms with Gasteiger partial charge in [0.05, 0.1) is 0 Å². The van der Waals surface area contributed by atoms with E-state index in [-0.39, 0.29) is 11.1 Å². The quantitative estimate of drug-likeness (QED) is 0.233. The molecule has 0 bridgehead atoms. The molecule has 0 spiro atoms. The van der Waals surface area contributed by atoms with Crippen LogP contribution in [0.1, 0.15) is 104 Å². The Balaban J connectivity index is 4.07. The summed E-state index contributed by atoms with van der Waals surface area (Å²) in [5, 5.41) is 11.5. The highest BCUT2D eigenvalue weighted by atomic mass is 32.1. The zero-order chi connectivity index (χ0) is 19.5. The average molecular weight is 387 g/mol. The number of unbranched alkanes of at least 4 members (excludes halogenated alkanes) is 10. The molecule has 0 aliphatic heterocycles. The van der Waals surface area contributed by atoms with Crippen molar-refractivity contribution in [2.75, 3.05) is 19.6 Å². The highest BCUT2D eigenvalue weighted by molar-refractivity contribution is 7.79. The first-order chi connectivity index (χ1) is 12.6. The Morgan fingerprint density at radius 1 is 0.808 bits per heavy atom. The number of carbonyl (C=O) groups excluding carboxylic acids is 1. The molecular formula is C21H42N2O2S. The number of rotatable bonds is 18. The zero-order valence-corrected chi connectivity index (χ0v) is 18.0. The smallest absolute Gasteiger partial charge is 0.254 e. The molecule has 0 radical (unpaired) electrons. The molecule has 0 saturated carbocycles. The van der Waals surface area contributed by atoms with Crippen LogP contribution in [-0.4, -0.2) is 40.7 Å². The maximum atomic E-state index is 12.5. The number of aliphatic hydroxyl groups excluding tert-OH is 1. The van der Waals surface area contributed by atoms with Crippen molar-refractivity contribution in [2.24, 2.45) is 0 Å².